The smallest absolute Gasteiger partial charge is 0.316 e. The molecule has 3 nitrogen and oxygen atoms in total. The summed E-state index contributed by atoms with van der Waals surface area (Å²) >= 11 is 0. The molecule has 21 heavy (non-hydrogen) atoms. The number of esters is 1. The van der Waals surface area contributed by atoms with Gasteiger partial charge in [0.2, 0.25) is 0 Å². The third-order valence-electron chi connectivity index (χ3n) is 3.17. The Balaban J connectivity index is 2.37. The topological polar surface area (TPSA) is 46.5 Å². The lowest BCUT2D eigenvalue weighted by atomic mass is 9.97. The van der Waals surface area contributed by atoms with Gasteiger partial charge in [0.05, 0.1) is 5.41 Å². The van der Waals surface area contributed by atoms with Crippen LogP contribution in [-0.2, 0) is 4.79 Å². The maximum absolute atomic E-state index is 11.9. The minimum absolute atomic E-state index is 0.109. The summed E-state index contributed by atoms with van der Waals surface area (Å²) in [4.78, 5) is 11.9. The zero-order chi connectivity index (χ0) is 15.6. The summed E-state index contributed by atoms with van der Waals surface area (Å²) in [6, 6.07) is 12.9. The lowest BCUT2D eigenvalue weighted by Crippen LogP contribution is -2.25. The quantitative estimate of drug-likeness (QED) is 0.660. The first-order chi connectivity index (χ1) is 9.79. The Bertz CT molecular complexity index is 629. The summed E-state index contributed by atoms with van der Waals surface area (Å²) in [7, 11) is 0. The number of carbonyl (C=O) groups excluding carboxylic acids is 1. The number of carbonyl (C=O) groups is 1. The highest BCUT2D eigenvalue weighted by Crippen LogP contribution is 2.36. The molecule has 0 fully saturated rings. The first kappa shape index (κ1) is 15.1. The second kappa shape index (κ2) is 5.60. The molecule has 0 atom stereocenters. The van der Waals surface area contributed by atoms with Gasteiger partial charge >= 0.3 is 5.97 Å². The molecule has 3 heteroatoms. The number of phenolic OH excluding ortho intramolecular Hbond substituents is 1. The molecular weight excluding hydrogens is 264 g/mol. The van der Waals surface area contributed by atoms with E-state index in [0.29, 0.717) is 5.75 Å². The largest absolute Gasteiger partial charge is 0.507 e. The van der Waals surface area contributed by atoms with Crippen LogP contribution in [-0.4, -0.2) is 11.1 Å². The molecule has 0 aromatic heterocycles. The van der Waals surface area contributed by atoms with Gasteiger partial charge < -0.3 is 9.84 Å². The van der Waals surface area contributed by atoms with E-state index in [1.54, 1.807) is 26.8 Å². The van der Waals surface area contributed by atoms with E-state index in [-0.39, 0.29) is 11.7 Å². The summed E-state index contributed by atoms with van der Waals surface area (Å²) in [5.74, 6) is 0.149. The highest BCUT2D eigenvalue weighted by atomic mass is 16.5. The predicted octanol–water partition coefficient (Wildman–Crippen LogP) is 4.32. The molecular formula is C18H20O3. The number of aromatic hydroxyl groups is 1. The Kier molecular flexibility index (Phi) is 4.03. The second-order valence-electron chi connectivity index (χ2n) is 6.14. The Hall–Kier alpha value is -2.29. The fraction of sp³-hybridized carbons (Fsp3) is 0.278. The van der Waals surface area contributed by atoms with Crippen molar-refractivity contribution in [2.45, 2.75) is 27.7 Å². The van der Waals surface area contributed by atoms with Crippen molar-refractivity contribution >= 4 is 5.97 Å². The molecule has 0 unspecified atom stereocenters. The Morgan fingerprint density at radius 2 is 1.71 bits per heavy atom. The van der Waals surface area contributed by atoms with Crippen LogP contribution in [0.1, 0.15) is 26.3 Å². The first-order valence-corrected chi connectivity index (χ1v) is 6.90. The zero-order valence-corrected chi connectivity index (χ0v) is 12.8. The van der Waals surface area contributed by atoms with E-state index in [0.717, 1.165) is 16.7 Å². The number of rotatable bonds is 2. The van der Waals surface area contributed by atoms with Crippen LogP contribution in [0.25, 0.3) is 11.1 Å². The normalized spacial score (nSPS) is 11.2. The number of benzene rings is 2. The number of hydrogen-bond acceptors (Lipinski definition) is 3. The number of ether oxygens (including phenoxy) is 1. The predicted molar refractivity (Wildman–Crippen MR) is 83.4 cm³/mol. The summed E-state index contributed by atoms with van der Waals surface area (Å²) in [5.41, 5.74) is 1.96. The van der Waals surface area contributed by atoms with Gasteiger partial charge in [0.15, 0.2) is 0 Å². The molecule has 2 aromatic rings. The van der Waals surface area contributed by atoms with Gasteiger partial charge in [0.25, 0.3) is 0 Å². The van der Waals surface area contributed by atoms with Gasteiger partial charge in [-0.3, -0.25) is 4.79 Å². The van der Waals surface area contributed by atoms with Gasteiger partial charge in [-0.25, -0.2) is 0 Å². The average Bonchev–Trinajstić information content (AvgIpc) is 2.38. The zero-order valence-electron chi connectivity index (χ0n) is 12.8. The fourth-order valence-corrected chi connectivity index (χ4v) is 2.04. The molecule has 1 N–H and O–H groups in total. The van der Waals surface area contributed by atoms with Crippen LogP contribution >= 0.6 is 0 Å². The molecule has 110 valence electrons. The van der Waals surface area contributed by atoms with Crippen LogP contribution in [0.15, 0.2) is 42.5 Å². The van der Waals surface area contributed by atoms with Crippen molar-refractivity contribution in [3.63, 3.8) is 0 Å². The molecule has 0 amide bonds. The lowest BCUT2D eigenvalue weighted by Gasteiger charge is -2.17. The average molecular weight is 284 g/mol. The highest BCUT2D eigenvalue weighted by Gasteiger charge is 2.24. The molecule has 0 spiro atoms. The molecule has 0 aliphatic carbocycles. The summed E-state index contributed by atoms with van der Waals surface area (Å²) in [6.45, 7) is 7.26. The molecule has 0 bridgehead atoms. The van der Waals surface area contributed by atoms with Crippen molar-refractivity contribution in [1.82, 2.24) is 0 Å². The van der Waals surface area contributed by atoms with Gasteiger partial charge in [0, 0.05) is 11.6 Å². The van der Waals surface area contributed by atoms with Crippen molar-refractivity contribution in [3.8, 4) is 22.6 Å². The van der Waals surface area contributed by atoms with Crippen LogP contribution in [0.3, 0.4) is 0 Å². The Labute approximate surface area is 125 Å². The van der Waals surface area contributed by atoms with E-state index < -0.39 is 5.41 Å². The maximum Gasteiger partial charge on any atom is 0.316 e. The minimum Gasteiger partial charge on any atom is -0.507 e. The van der Waals surface area contributed by atoms with Crippen LogP contribution < -0.4 is 4.74 Å². The van der Waals surface area contributed by atoms with Gasteiger partial charge in [-0.05, 0) is 44.9 Å². The molecule has 0 saturated heterocycles. The Morgan fingerprint density at radius 1 is 1.10 bits per heavy atom. The van der Waals surface area contributed by atoms with Gasteiger partial charge in [0.1, 0.15) is 11.5 Å². The number of aryl methyl sites for hydroxylation is 1. The number of hydrogen-bond donors (Lipinski definition) is 1. The van der Waals surface area contributed by atoms with Gasteiger partial charge in [-0.15, -0.1) is 0 Å². The van der Waals surface area contributed by atoms with E-state index in [2.05, 4.69) is 0 Å². The van der Waals surface area contributed by atoms with E-state index in [1.165, 1.54) is 6.07 Å². The SMILES string of the molecule is Cc1cc(OC(=O)C(C)(C)C)cc(O)c1-c1ccccc1. The summed E-state index contributed by atoms with van der Waals surface area (Å²) in [5, 5.41) is 10.3. The molecule has 0 aliphatic heterocycles. The molecule has 2 aromatic carbocycles. The molecule has 0 saturated carbocycles. The molecule has 0 heterocycles. The van der Waals surface area contributed by atoms with Crippen molar-refractivity contribution < 1.29 is 14.6 Å². The fourth-order valence-electron chi connectivity index (χ4n) is 2.04. The van der Waals surface area contributed by atoms with Crippen LogP contribution in [0.4, 0.5) is 0 Å². The minimum atomic E-state index is -0.582. The van der Waals surface area contributed by atoms with E-state index >= 15 is 0 Å². The Morgan fingerprint density at radius 3 is 2.24 bits per heavy atom. The lowest BCUT2D eigenvalue weighted by molar-refractivity contribution is -0.142. The first-order valence-electron chi connectivity index (χ1n) is 6.90. The van der Waals surface area contributed by atoms with Gasteiger partial charge in [-0.1, -0.05) is 30.3 Å². The van der Waals surface area contributed by atoms with Crippen molar-refractivity contribution in [3.05, 3.63) is 48.0 Å². The number of phenols is 1. The third kappa shape index (κ3) is 3.43. The van der Waals surface area contributed by atoms with E-state index in [9.17, 15) is 9.90 Å². The van der Waals surface area contributed by atoms with E-state index in [1.807, 2.05) is 37.3 Å². The maximum atomic E-state index is 11.9. The van der Waals surface area contributed by atoms with Crippen LogP contribution in [0.5, 0.6) is 11.5 Å². The molecule has 0 radical (unpaired) electrons. The molecule has 2 rings (SSSR count). The van der Waals surface area contributed by atoms with Crippen molar-refractivity contribution in [1.29, 1.82) is 0 Å². The van der Waals surface area contributed by atoms with Crippen LogP contribution in [0, 0.1) is 12.3 Å². The monoisotopic (exact) mass is 284 g/mol. The standard InChI is InChI=1S/C18H20O3/c1-12-10-14(21-17(20)18(2,3)4)11-15(19)16(12)13-8-6-5-7-9-13/h5-11,19H,1-4H3. The second-order valence-corrected chi connectivity index (χ2v) is 6.14. The van der Waals surface area contributed by atoms with Crippen LogP contribution in [0.2, 0.25) is 0 Å². The summed E-state index contributed by atoms with van der Waals surface area (Å²) in [6.07, 6.45) is 0. The van der Waals surface area contributed by atoms with Gasteiger partial charge in [-0.2, -0.15) is 0 Å². The third-order valence-corrected chi connectivity index (χ3v) is 3.17. The van der Waals surface area contributed by atoms with E-state index in [4.69, 9.17) is 4.74 Å². The molecule has 0 aliphatic rings. The highest BCUT2D eigenvalue weighted by molar-refractivity contribution is 5.79. The van der Waals surface area contributed by atoms with Crippen molar-refractivity contribution in [2.24, 2.45) is 5.41 Å². The summed E-state index contributed by atoms with van der Waals surface area (Å²) < 4.78 is 5.33. The van der Waals surface area contributed by atoms with Crippen molar-refractivity contribution in [2.75, 3.05) is 0 Å².